The second-order valence-corrected chi connectivity index (χ2v) is 6.58. The van der Waals surface area contributed by atoms with Gasteiger partial charge in [0.05, 0.1) is 0 Å². The fourth-order valence-electron chi connectivity index (χ4n) is 3.86. The number of amides is 1. The van der Waals surface area contributed by atoms with Crippen LogP contribution >= 0.6 is 24.8 Å². The highest BCUT2D eigenvalue weighted by molar-refractivity contribution is 5.85. The lowest BCUT2D eigenvalue weighted by Crippen LogP contribution is -2.52. The maximum absolute atomic E-state index is 12.4. The molecule has 6 heteroatoms. The molecule has 0 heterocycles. The molecule has 4 nitrogen and oxygen atoms in total. The van der Waals surface area contributed by atoms with E-state index in [0.717, 1.165) is 25.8 Å². The summed E-state index contributed by atoms with van der Waals surface area (Å²) in [4.78, 5) is 14.7. The third kappa shape index (κ3) is 4.72. The quantitative estimate of drug-likeness (QED) is 0.807. The summed E-state index contributed by atoms with van der Waals surface area (Å²) in [6.07, 6.45) is 8.25. The largest absolute Gasteiger partial charge is 0.354 e. The first-order valence-electron chi connectivity index (χ1n) is 7.74. The maximum Gasteiger partial charge on any atom is 0.223 e. The zero-order valence-corrected chi connectivity index (χ0v) is 14.9. The van der Waals surface area contributed by atoms with Crippen LogP contribution in [0.3, 0.4) is 0 Å². The molecular weight excluding hydrogens is 309 g/mol. The van der Waals surface area contributed by atoms with Gasteiger partial charge in [0, 0.05) is 18.0 Å². The van der Waals surface area contributed by atoms with Crippen LogP contribution in [0.4, 0.5) is 0 Å². The van der Waals surface area contributed by atoms with Gasteiger partial charge < -0.3 is 16.0 Å². The molecule has 0 spiro atoms. The number of likely N-dealkylation sites (N-methyl/N-ethyl adjacent to an activating group) is 1. The van der Waals surface area contributed by atoms with Gasteiger partial charge in [-0.15, -0.1) is 24.8 Å². The van der Waals surface area contributed by atoms with Crippen LogP contribution in [0, 0.1) is 11.8 Å². The van der Waals surface area contributed by atoms with Gasteiger partial charge in [-0.3, -0.25) is 4.79 Å². The van der Waals surface area contributed by atoms with Gasteiger partial charge in [0.15, 0.2) is 0 Å². The summed E-state index contributed by atoms with van der Waals surface area (Å²) in [5.41, 5.74) is 5.95. The van der Waals surface area contributed by atoms with Gasteiger partial charge in [0.25, 0.3) is 0 Å². The molecule has 2 fully saturated rings. The summed E-state index contributed by atoms with van der Waals surface area (Å²) in [5.74, 6) is 0.797. The highest BCUT2D eigenvalue weighted by Gasteiger charge is 2.38. The Hall–Kier alpha value is -0.0300. The van der Waals surface area contributed by atoms with E-state index >= 15 is 0 Å². The van der Waals surface area contributed by atoms with E-state index in [1.807, 2.05) is 0 Å². The van der Waals surface area contributed by atoms with Crippen LogP contribution in [0.1, 0.15) is 44.9 Å². The van der Waals surface area contributed by atoms with Crippen molar-refractivity contribution in [3.63, 3.8) is 0 Å². The Bertz CT molecular complexity index is 320. The van der Waals surface area contributed by atoms with Crippen molar-refractivity contribution >= 4 is 30.7 Å². The molecule has 0 radical (unpaired) electrons. The predicted octanol–water partition coefficient (Wildman–Crippen LogP) is 2.20. The molecule has 1 amide bonds. The molecule has 3 N–H and O–H groups in total. The third-order valence-corrected chi connectivity index (χ3v) is 5.37. The molecule has 2 aliphatic rings. The van der Waals surface area contributed by atoms with Crippen molar-refractivity contribution in [2.45, 2.75) is 50.5 Å². The van der Waals surface area contributed by atoms with Gasteiger partial charge in [-0.1, -0.05) is 19.3 Å². The van der Waals surface area contributed by atoms with Gasteiger partial charge in [-0.2, -0.15) is 0 Å². The van der Waals surface area contributed by atoms with Crippen LogP contribution < -0.4 is 11.1 Å². The molecular formula is C15H31Cl2N3O. The second-order valence-electron chi connectivity index (χ2n) is 6.58. The van der Waals surface area contributed by atoms with Crippen LogP contribution in [0.2, 0.25) is 0 Å². The molecule has 0 saturated heterocycles. The Morgan fingerprint density at radius 3 is 2.33 bits per heavy atom. The van der Waals surface area contributed by atoms with Crippen LogP contribution in [0.15, 0.2) is 0 Å². The summed E-state index contributed by atoms with van der Waals surface area (Å²) < 4.78 is 0. The molecule has 2 aliphatic carbocycles. The summed E-state index contributed by atoms with van der Waals surface area (Å²) >= 11 is 0. The first-order valence-corrected chi connectivity index (χ1v) is 7.74. The van der Waals surface area contributed by atoms with Crippen molar-refractivity contribution < 1.29 is 4.79 Å². The number of carbonyl (C=O) groups is 1. The molecule has 0 unspecified atom stereocenters. The van der Waals surface area contributed by atoms with E-state index in [4.69, 9.17) is 5.73 Å². The number of nitrogens with one attached hydrogen (secondary N) is 1. The molecule has 0 aliphatic heterocycles. The number of carbonyl (C=O) groups excluding carboxylic acids is 1. The second kappa shape index (κ2) is 9.19. The van der Waals surface area contributed by atoms with Crippen LogP contribution in [0.5, 0.6) is 0 Å². The van der Waals surface area contributed by atoms with E-state index in [1.165, 1.54) is 25.7 Å². The normalized spacial score (nSPS) is 27.0. The summed E-state index contributed by atoms with van der Waals surface area (Å²) in [6.45, 7) is 1.45. The number of hydrogen-bond acceptors (Lipinski definition) is 3. The average Bonchev–Trinajstić information content (AvgIpc) is 3.05. The van der Waals surface area contributed by atoms with E-state index in [2.05, 4.69) is 24.3 Å². The first-order chi connectivity index (χ1) is 9.09. The molecule has 2 rings (SSSR count). The molecule has 21 heavy (non-hydrogen) atoms. The molecule has 0 aromatic heterocycles. The van der Waals surface area contributed by atoms with Gasteiger partial charge in [0.2, 0.25) is 5.91 Å². The minimum atomic E-state index is 0. The van der Waals surface area contributed by atoms with Crippen molar-refractivity contribution in [3.8, 4) is 0 Å². The summed E-state index contributed by atoms with van der Waals surface area (Å²) in [5, 5.41) is 3.22. The smallest absolute Gasteiger partial charge is 0.223 e. The van der Waals surface area contributed by atoms with E-state index in [-0.39, 0.29) is 42.2 Å². The molecule has 2 saturated carbocycles. The van der Waals surface area contributed by atoms with Crippen molar-refractivity contribution in [1.29, 1.82) is 0 Å². The number of rotatable bonds is 5. The topological polar surface area (TPSA) is 58.4 Å². The summed E-state index contributed by atoms with van der Waals surface area (Å²) in [6, 6.07) is 0. The molecule has 0 aromatic carbocycles. The Morgan fingerprint density at radius 1 is 1.19 bits per heavy atom. The molecule has 0 bridgehead atoms. The average molecular weight is 340 g/mol. The van der Waals surface area contributed by atoms with E-state index < -0.39 is 0 Å². The van der Waals surface area contributed by atoms with Gasteiger partial charge in [-0.25, -0.2) is 0 Å². The van der Waals surface area contributed by atoms with Crippen molar-refractivity contribution in [3.05, 3.63) is 0 Å². The Kier molecular flexibility index (Phi) is 9.17. The van der Waals surface area contributed by atoms with Crippen molar-refractivity contribution in [2.24, 2.45) is 17.6 Å². The lowest BCUT2D eigenvalue weighted by atomic mass is 9.93. The van der Waals surface area contributed by atoms with Gasteiger partial charge in [0.1, 0.15) is 0 Å². The van der Waals surface area contributed by atoms with Crippen LogP contribution in [-0.2, 0) is 4.79 Å². The third-order valence-electron chi connectivity index (χ3n) is 5.37. The standard InChI is InChI=1S/C15H29N3O.2ClH/c1-18(2)15(8-3-4-9-15)11-17-14(19)13-7-5-6-12(13)10-16;;/h12-13H,3-11,16H2,1-2H3,(H,17,19);2*1H/t12-,13-;;/m1../s1. The number of nitrogens with zero attached hydrogens (tertiary/aromatic N) is 1. The minimum absolute atomic E-state index is 0. The van der Waals surface area contributed by atoms with Crippen molar-refractivity contribution in [2.75, 3.05) is 27.2 Å². The monoisotopic (exact) mass is 339 g/mol. The maximum atomic E-state index is 12.4. The fraction of sp³-hybridized carbons (Fsp3) is 0.933. The molecule has 126 valence electrons. The zero-order valence-electron chi connectivity index (χ0n) is 13.3. The Labute approximate surface area is 141 Å². The number of halogens is 2. The zero-order chi connectivity index (χ0) is 13.9. The van der Waals surface area contributed by atoms with Gasteiger partial charge >= 0.3 is 0 Å². The predicted molar refractivity (Wildman–Crippen MR) is 92.3 cm³/mol. The van der Waals surface area contributed by atoms with Crippen LogP contribution in [0.25, 0.3) is 0 Å². The SMILES string of the molecule is CN(C)C1(CNC(=O)[C@@H]2CCC[C@@H]2CN)CCCC1.Cl.Cl. The first kappa shape index (κ1) is 21.0. The van der Waals surface area contributed by atoms with Crippen LogP contribution in [-0.4, -0.2) is 43.5 Å². The fourth-order valence-corrected chi connectivity index (χ4v) is 3.86. The van der Waals surface area contributed by atoms with E-state index in [1.54, 1.807) is 0 Å². The molecule has 2 atom stereocenters. The number of nitrogens with two attached hydrogens (primary N) is 1. The number of hydrogen-bond donors (Lipinski definition) is 2. The highest BCUT2D eigenvalue weighted by Crippen LogP contribution is 2.34. The van der Waals surface area contributed by atoms with Crippen molar-refractivity contribution in [1.82, 2.24) is 10.2 Å². The Morgan fingerprint density at radius 2 is 1.81 bits per heavy atom. The summed E-state index contributed by atoms with van der Waals surface area (Å²) in [7, 11) is 4.27. The Balaban J connectivity index is 0.00000200. The minimum Gasteiger partial charge on any atom is -0.354 e. The lowest BCUT2D eigenvalue weighted by molar-refractivity contribution is -0.126. The van der Waals surface area contributed by atoms with E-state index in [9.17, 15) is 4.79 Å². The highest BCUT2D eigenvalue weighted by atomic mass is 35.5. The van der Waals surface area contributed by atoms with E-state index in [0.29, 0.717) is 12.5 Å². The lowest BCUT2D eigenvalue weighted by Gasteiger charge is -2.37. The van der Waals surface area contributed by atoms with Gasteiger partial charge in [-0.05, 0) is 52.2 Å². The molecule has 0 aromatic rings.